The second-order valence-electron chi connectivity index (χ2n) is 5.39. The number of hydrogen-bond donors (Lipinski definition) is 1. The van der Waals surface area contributed by atoms with Gasteiger partial charge < -0.3 is 14.6 Å². The number of ether oxygens (including phenoxy) is 1. The van der Waals surface area contributed by atoms with Crippen LogP contribution in [-0.4, -0.2) is 33.6 Å². The number of H-pyrrole nitrogens is 1. The average Bonchev–Trinajstić information content (AvgIpc) is 3.21. The number of para-hydroxylation sites is 2. The van der Waals surface area contributed by atoms with Crippen LogP contribution in [-0.2, 0) is 0 Å². The zero-order chi connectivity index (χ0) is 14.9. The van der Waals surface area contributed by atoms with E-state index in [2.05, 4.69) is 19.9 Å². The van der Waals surface area contributed by atoms with Crippen molar-refractivity contribution >= 4 is 17.0 Å². The summed E-state index contributed by atoms with van der Waals surface area (Å²) in [6, 6.07) is 10.0. The van der Waals surface area contributed by atoms with Gasteiger partial charge in [0.1, 0.15) is 5.82 Å². The molecule has 6 nitrogen and oxygen atoms in total. The summed E-state index contributed by atoms with van der Waals surface area (Å²) >= 11 is 0. The predicted molar refractivity (Wildman–Crippen MR) is 84.0 cm³/mol. The summed E-state index contributed by atoms with van der Waals surface area (Å²) in [4.78, 5) is 19.2. The van der Waals surface area contributed by atoms with Gasteiger partial charge in [0, 0.05) is 18.8 Å². The van der Waals surface area contributed by atoms with Crippen molar-refractivity contribution in [3.63, 3.8) is 0 Å². The second-order valence-corrected chi connectivity index (χ2v) is 5.39. The second kappa shape index (κ2) is 5.29. The number of aromatic amines is 1. The minimum absolute atomic E-state index is 0.180. The zero-order valence-electron chi connectivity index (χ0n) is 12.4. The average molecular weight is 295 g/mol. The summed E-state index contributed by atoms with van der Waals surface area (Å²) in [6.07, 6.45) is 3.87. The van der Waals surface area contributed by atoms with Crippen LogP contribution < -0.4 is 9.64 Å². The molecule has 1 saturated heterocycles. The van der Waals surface area contributed by atoms with Crippen LogP contribution in [0.5, 0.6) is 5.88 Å². The van der Waals surface area contributed by atoms with Gasteiger partial charge in [0.2, 0.25) is 11.8 Å². The Morgan fingerprint density at radius 1 is 1.23 bits per heavy atom. The lowest BCUT2D eigenvalue weighted by atomic mass is 10.2. The first-order valence-electron chi connectivity index (χ1n) is 7.43. The zero-order valence-corrected chi connectivity index (χ0v) is 12.4. The predicted octanol–water partition coefficient (Wildman–Crippen LogP) is 2.70. The van der Waals surface area contributed by atoms with E-state index in [1.165, 1.54) is 0 Å². The fourth-order valence-corrected chi connectivity index (χ4v) is 3.01. The van der Waals surface area contributed by atoms with E-state index in [-0.39, 0.29) is 6.04 Å². The van der Waals surface area contributed by atoms with Gasteiger partial charge in [-0.05, 0) is 25.0 Å². The van der Waals surface area contributed by atoms with E-state index in [1.54, 1.807) is 19.4 Å². The van der Waals surface area contributed by atoms with Crippen molar-refractivity contribution in [2.45, 2.75) is 18.9 Å². The van der Waals surface area contributed by atoms with Crippen molar-refractivity contribution < 1.29 is 4.74 Å². The SMILES string of the molecule is COc1ccnc(N2CCC[C@H]2c2nc3ccccc3[nH]2)n1. The molecule has 0 aliphatic carbocycles. The molecule has 6 heteroatoms. The number of hydrogen-bond acceptors (Lipinski definition) is 5. The molecule has 0 amide bonds. The van der Waals surface area contributed by atoms with E-state index >= 15 is 0 Å². The van der Waals surface area contributed by atoms with Gasteiger partial charge in [-0.2, -0.15) is 4.98 Å². The summed E-state index contributed by atoms with van der Waals surface area (Å²) in [5.74, 6) is 2.26. The number of nitrogens with one attached hydrogen (secondary N) is 1. The Kier molecular flexibility index (Phi) is 3.14. The van der Waals surface area contributed by atoms with Gasteiger partial charge in [0.05, 0.1) is 24.2 Å². The minimum atomic E-state index is 0.180. The molecule has 1 N–H and O–H groups in total. The molecule has 0 saturated carbocycles. The highest BCUT2D eigenvalue weighted by molar-refractivity contribution is 5.75. The summed E-state index contributed by atoms with van der Waals surface area (Å²) in [6.45, 7) is 0.925. The molecule has 2 aromatic heterocycles. The first-order valence-corrected chi connectivity index (χ1v) is 7.43. The largest absolute Gasteiger partial charge is 0.481 e. The fourth-order valence-electron chi connectivity index (χ4n) is 3.01. The number of anilines is 1. The van der Waals surface area contributed by atoms with Crippen LogP contribution in [0.4, 0.5) is 5.95 Å². The van der Waals surface area contributed by atoms with Crippen molar-refractivity contribution in [2.75, 3.05) is 18.6 Å². The van der Waals surface area contributed by atoms with E-state index in [9.17, 15) is 0 Å². The third-order valence-corrected chi connectivity index (χ3v) is 4.06. The van der Waals surface area contributed by atoms with Crippen molar-refractivity contribution in [1.29, 1.82) is 0 Å². The monoisotopic (exact) mass is 295 g/mol. The van der Waals surface area contributed by atoms with Crippen molar-refractivity contribution in [2.24, 2.45) is 0 Å². The van der Waals surface area contributed by atoms with Gasteiger partial charge >= 0.3 is 0 Å². The summed E-state index contributed by atoms with van der Waals surface area (Å²) in [5.41, 5.74) is 2.06. The number of imidazole rings is 1. The molecule has 0 radical (unpaired) electrons. The Morgan fingerprint density at radius 3 is 3.00 bits per heavy atom. The van der Waals surface area contributed by atoms with Crippen LogP contribution in [0, 0.1) is 0 Å². The lowest BCUT2D eigenvalue weighted by molar-refractivity contribution is 0.396. The molecule has 22 heavy (non-hydrogen) atoms. The maximum atomic E-state index is 5.20. The smallest absolute Gasteiger partial charge is 0.229 e. The highest BCUT2D eigenvalue weighted by Crippen LogP contribution is 2.34. The molecule has 3 aromatic rings. The van der Waals surface area contributed by atoms with Gasteiger partial charge in [-0.25, -0.2) is 9.97 Å². The van der Waals surface area contributed by atoms with Crippen LogP contribution in [0.25, 0.3) is 11.0 Å². The Bertz CT molecular complexity index is 767. The van der Waals surface area contributed by atoms with Crippen LogP contribution in [0.15, 0.2) is 36.5 Å². The van der Waals surface area contributed by atoms with E-state index in [0.717, 1.165) is 36.2 Å². The third kappa shape index (κ3) is 2.16. The van der Waals surface area contributed by atoms with E-state index in [0.29, 0.717) is 11.8 Å². The highest BCUT2D eigenvalue weighted by Gasteiger charge is 2.30. The topological polar surface area (TPSA) is 66.9 Å². The first-order chi connectivity index (χ1) is 10.8. The van der Waals surface area contributed by atoms with Crippen molar-refractivity contribution in [3.05, 3.63) is 42.4 Å². The molecule has 0 spiro atoms. The lowest BCUT2D eigenvalue weighted by Crippen LogP contribution is -2.25. The minimum Gasteiger partial charge on any atom is -0.481 e. The van der Waals surface area contributed by atoms with Crippen LogP contribution in [0.1, 0.15) is 24.7 Å². The molecule has 0 unspecified atom stereocenters. The summed E-state index contributed by atoms with van der Waals surface area (Å²) < 4.78 is 5.20. The normalized spacial score (nSPS) is 18.0. The maximum Gasteiger partial charge on any atom is 0.229 e. The van der Waals surface area contributed by atoms with Gasteiger partial charge in [0.15, 0.2) is 0 Å². The first kappa shape index (κ1) is 13.1. The summed E-state index contributed by atoms with van der Waals surface area (Å²) in [7, 11) is 1.62. The van der Waals surface area contributed by atoms with Gasteiger partial charge in [0.25, 0.3) is 0 Å². The van der Waals surface area contributed by atoms with Gasteiger partial charge in [-0.3, -0.25) is 0 Å². The molecule has 1 aromatic carbocycles. The summed E-state index contributed by atoms with van der Waals surface area (Å²) in [5, 5.41) is 0. The molecule has 0 bridgehead atoms. The van der Waals surface area contributed by atoms with Gasteiger partial charge in [-0.15, -0.1) is 0 Å². The van der Waals surface area contributed by atoms with E-state index < -0.39 is 0 Å². The Morgan fingerprint density at radius 2 is 2.14 bits per heavy atom. The molecular formula is C16H17N5O. The number of nitrogens with zero attached hydrogens (tertiary/aromatic N) is 4. The fraction of sp³-hybridized carbons (Fsp3) is 0.312. The Labute approximate surface area is 128 Å². The quantitative estimate of drug-likeness (QED) is 0.804. The molecule has 3 heterocycles. The van der Waals surface area contributed by atoms with E-state index in [1.807, 2.05) is 24.3 Å². The number of fused-ring (bicyclic) bond motifs is 1. The molecule has 1 atom stereocenters. The third-order valence-electron chi connectivity index (χ3n) is 4.06. The maximum absolute atomic E-state index is 5.20. The van der Waals surface area contributed by atoms with E-state index in [4.69, 9.17) is 9.72 Å². The van der Waals surface area contributed by atoms with Crippen LogP contribution in [0.2, 0.25) is 0 Å². The molecule has 4 rings (SSSR count). The van der Waals surface area contributed by atoms with Crippen LogP contribution >= 0.6 is 0 Å². The molecule has 112 valence electrons. The molecule has 1 fully saturated rings. The standard InChI is InChI=1S/C16H17N5O/c1-22-14-8-9-17-16(20-14)21-10-4-7-13(21)15-18-11-5-2-3-6-12(11)19-15/h2-3,5-6,8-9,13H,4,7,10H2,1H3,(H,18,19)/t13-/m0/s1. The Hall–Kier alpha value is -2.63. The Balaban J connectivity index is 1.70. The molecular weight excluding hydrogens is 278 g/mol. The number of rotatable bonds is 3. The molecule has 1 aliphatic heterocycles. The molecule has 1 aliphatic rings. The highest BCUT2D eigenvalue weighted by atomic mass is 16.5. The number of benzene rings is 1. The van der Waals surface area contributed by atoms with Gasteiger partial charge in [-0.1, -0.05) is 12.1 Å². The number of aromatic nitrogens is 4. The van der Waals surface area contributed by atoms with Crippen molar-refractivity contribution in [3.8, 4) is 5.88 Å². The lowest BCUT2D eigenvalue weighted by Gasteiger charge is -2.23. The van der Waals surface area contributed by atoms with Crippen molar-refractivity contribution in [1.82, 2.24) is 19.9 Å². The van der Waals surface area contributed by atoms with Crippen LogP contribution in [0.3, 0.4) is 0 Å². The number of methoxy groups -OCH3 is 1.